The Kier molecular flexibility index (Phi) is 7.15. The molecule has 32 heavy (non-hydrogen) atoms. The minimum atomic E-state index is 0.964. The summed E-state index contributed by atoms with van der Waals surface area (Å²) in [5.41, 5.74) is 6.41. The molecule has 0 aromatic heterocycles. The molecule has 0 radical (unpaired) electrons. The average molecular weight is 407 g/mol. The maximum Gasteiger partial charge on any atom is 0.0327 e. The highest BCUT2D eigenvalue weighted by Gasteiger charge is 1.96. The summed E-state index contributed by atoms with van der Waals surface area (Å²) in [6.07, 6.45) is 8.38. The quantitative estimate of drug-likeness (QED) is 0.244. The molecule has 4 aromatic rings. The van der Waals surface area contributed by atoms with Crippen LogP contribution in [0.1, 0.15) is 33.4 Å². The topological polar surface area (TPSA) is 0 Å². The zero-order valence-corrected chi connectivity index (χ0v) is 17.7. The van der Waals surface area contributed by atoms with Crippen LogP contribution >= 0.6 is 0 Å². The molecule has 0 heterocycles. The van der Waals surface area contributed by atoms with Crippen molar-refractivity contribution < 1.29 is 0 Å². The van der Waals surface area contributed by atoms with Gasteiger partial charge in [-0.15, -0.1) is 0 Å². The van der Waals surface area contributed by atoms with Gasteiger partial charge in [-0.05, 0) is 46.2 Å². The lowest BCUT2D eigenvalue weighted by Gasteiger charge is -1.98. The molecule has 0 nitrogen and oxygen atoms in total. The molecule has 0 aliphatic carbocycles. The molecule has 0 saturated carbocycles. The summed E-state index contributed by atoms with van der Waals surface area (Å²) in [7, 11) is 0. The van der Waals surface area contributed by atoms with Crippen LogP contribution < -0.4 is 0 Å². The van der Waals surface area contributed by atoms with Crippen molar-refractivity contribution >= 4 is 24.3 Å². The molecule has 0 saturated heterocycles. The molecule has 0 amide bonds. The Labute approximate surface area is 190 Å². The maximum atomic E-state index is 3.20. The second-order valence-electron chi connectivity index (χ2n) is 7.16. The molecule has 0 N–H and O–H groups in total. The summed E-state index contributed by atoms with van der Waals surface area (Å²) in [5, 5.41) is 0. The number of rotatable bonds is 4. The first-order valence-electron chi connectivity index (χ1n) is 10.5. The SMILES string of the molecule is C(C#Cc1ccccc1C=Cc1ccccc1)#Cc1ccccc1C=Cc1ccccc1. The lowest BCUT2D eigenvalue weighted by atomic mass is 10.1. The largest absolute Gasteiger partial charge is 0.0622 e. The normalized spacial score (nSPS) is 10.4. The van der Waals surface area contributed by atoms with Gasteiger partial charge in [-0.25, -0.2) is 0 Å². The highest BCUT2D eigenvalue weighted by molar-refractivity contribution is 5.74. The molecular formula is C32H22. The van der Waals surface area contributed by atoms with Crippen molar-refractivity contribution in [3.8, 4) is 23.7 Å². The monoisotopic (exact) mass is 406 g/mol. The first-order chi connectivity index (χ1) is 15.9. The fourth-order valence-corrected chi connectivity index (χ4v) is 3.21. The van der Waals surface area contributed by atoms with E-state index in [1.165, 1.54) is 0 Å². The van der Waals surface area contributed by atoms with E-state index >= 15 is 0 Å². The van der Waals surface area contributed by atoms with Crippen molar-refractivity contribution in [2.75, 3.05) is 0 Å². The van der Waals surface area contributed by atoms with Crippen molar-refractivity contribution in [2.24, 2.45) is 0 Å². The minimum absolute atomic E-state index is 0.964. The Balaban J connectivity index is 1.53. The predicted molar refractivity (Wildman–Crippen MR) is 137 cm³/mol. The second-order valence-corrected chi connectivity index (χ2v) is 7.16. The fraction of sp³-hybridized carbons (Fsp3) is 0. The van der Waals surface area contributed by atoms with Gasteiger partial charge < -0.3 is 0 Å². The molecule has 0 spiro atoms. The highest BCUT2D eigenvalue weighted by Crippen LogP contribution is 2.14. The molecule has 0 bridgehead atoms. The Morgan fingerprint density at radius 2 is 0.750 bits per heavy atom. The Morgan fingerprint density at radius 3 is 1.19 bits per heavy atom. The third-order valence-corrected chi connectivity index (χ3v) is 4.89. The standard InChI is InChI=1S/C32H22/c1-3-13-27(14-4-1)23-25-31-21-11-9-19-29(31)17-7-8-18-30-20-10-12-22-32(30)26-24-28-15-5-2-6-16-28/h1-6,9-16,19-26H. The van der Waals surface area contributed by atoms with E-state index in [-0.39, 0.29) is 0 Å². The lowest BCUT2D eigenvalue weighted by Crippen LogP contribution is -1.82. The van der Waals surface area contributed by atoms with Crippen molar-refractivity contribution in [3.63, 3.8) is 0 Å². The van der Waals surface area contributed by atoms with Gasteiger partial charge in [0.1, 0.15) is 0 Å². The average Bonchev–Trinajstić information content (AvgIpc) is 2.86. The van der Waals surface area contributed by atoms with E-state index in [1.807, 2.05) is 72.8 Å². The van der Waals surface area contributed by atoms with Gasteiger partial charge in [0.05, 0.1) is 0 Å². The fourth-order valence-electron chi connectivity index (χ4n) is 3.21. The van der Waals surface area contributed by atoms with Crippen LogP contribution in [-0.2, 0) is 0 Å². The van der Waals surface area contributed by atoms with Crippen LogP contribution in [0, 0.1) is 23.7 Å². The molecule has 0 aliphatic heterocycles. The molecule has 4 rings (SSSR count). The van der Waals surface area contributed by atoms with Gasteiger partial charge in [0, 0.05) is 11.1 Å². The molecule has 0 heteroatoms. The first kappa shape index (κ1) is 20.7. The number of hydrogen-bond acceptors (Lipinski definition) is 0. The first-order valence-corrected chi connectivity index (χ1v) is 10.5. The minimum Gasteiger partial charge on any atom is -0.0622 e. The van der Waals surface area contributed by atoms with Gasteiger partial charge >= 0.3 is 0 Å². The summed E-state index contributed by atoms with van der Waals surface area (Å²) in [4.78, 5) is 0. The van der Waals surface area contributed by atoms with Gasteiger partial charge in [0.2, 0.25) is 0 Å². The van der Waals surface area contributed by atoms with Crippen molar-refractivity contribution in [2.45, 2.75) is 0 Å². The van der Waals surface area contributed by atoms with Crippen LogP contribution in [0.3, 0.4) is 0 Å². The Bertz CT molecular complexity index is 1240. The van der Waals surface area contributed by atoms with E-state index in [9.17, 15) is 0 Å². The van der Waals surface area contributed by atoms with Crippen LogP contribution in [0.4, 0.5) is 0 Å². The Hall–Kier alpha value is -4.52. The smallest absolute Gasteiger partial charge is 0.0327 e. The third kappa shape index (κ3) is 5.99. The van der Waals surface area contributed by atoms with E-state index < -0.39 is 0 Å². The number of benzene rings is 4. The van der Waals surface area contributed by atoms with Crippen molar-refractivity contribution in [3.05, 3.63) is 143 Å². The molecule has 0 atom stereocenters. The van der Waals surface area contributed by atoms with Gasteiger partial charge in [-0.2, -0.15) is 0 Å². The van der Waals surface area contributed by atoms with Crippen LogP contribution in [0.5, 0.6) is 0 Å². The van der Waals surface area contributed by atoms with E-state index in [1.54, 1.807) is 0 Å². The summed E-state index contributed by atoms with van der Waals surface area (Å²) in [6, 6.07) is 36.8. The van der Waals surface area contributed by atoms with E-state index in [4.69, 9.17) is 0 Å². The van der Waals surface area contributed by atoms with Crippen molar-refractivity contribution in [1.29, 1.82) is 0 Å². The third-order valence-electron chi connectivity index (χ3n) is 4.89. The predicted octanol–water partition coefficient (Wildman–Crippen LogP) is 7.43. The molecule has 0 fully saturated rings. The van der Waals surface area contributed by atoms with Gasteiger partial charge in [0.15, 0.2) is 0 Å². The second kappa shape index (κ2) is 11.0. The molecule has 0 aliphatic rings. The van der Waals surface area contributed by atoms with Crippen LogP contribution in [0.15, 0.2) is 109 Å². The molecule has 4 aromatic carbocycles. The van der Waals surface area contributed by atoms with Gasteiger partial charge in [-0.3, -0.25) is 0 Å². The zero-order valence-electron chi connectivity index (χ0n) is 17.7. The van der Waals surface area contributed by atoms with Crippen LogP contribution in [0.2, 0.25) is 0 Å². The van der Waals surface area contributed by atoms with E-state index in [0.717, 1.165) is 33.4 Å². The molecule has 150 valence electrons. The molecular weight excluding hydrogens is 384 g/mol. The van der Waals surface area contributed by atoms with E-state index in [0.29, 0.717) is 0 Å². The maximum absolute atomic E-state index is 3.20. The zero-order chi connectivity index (χ0) is 21.8. The highest BCUT2D eigenvalue weighted by atomic mass is 14.0. The van der Waals surface area contributed by atoms with Gasteiger partial charge in [-0.1, -0.05) is 133 Å². The van der Waals surface area contributed by atoms with Crippen LogP contribution in [-0.4, -0.2) is 0 Å². The van der Waals surface area contributed by atoms with Crippen LogP contribution in [0.25, 0.3) is 24.3 Å². The van der Waals surface area contributed by atoms with Crippen molar-refractivity contribution in [1.82, 2.24) is 0 Å². The number of hydrogen-bond donors (Lipinski definition) is 0. The summed E-state index contributed by atoms with van der Waals surface area (Å²) in [6.45, 7) is 0. The Morgan fingerprint density at radius 1 is 0.375 bits per heavy atom. The lowest BCUT2D eigenvalue weighted by molar-refractivity contribution is 1.59. The molecule has 0 unspecified atom stereocenters. The summed E-state index contributed by atoms with van der Waals surface area (Å²) in [5.74, 6) is 12.4. The summed E-state index contributed by atoms with van der Waals surface area (Å²) < 4.78 is 0. The van der Waals surface area contributed by atoms with Gasteiger partial charge in [0.25, 0.3) is 0 Å². The van der Waals surface area contributed by atoms with E-state index in [2.05, 4.69) is 84.4 Å². The summed E-state index contributed by atoms with van der Waals surface area (Å²) >= 11 is 0.